The highest BCUT2D eigenvalue weighted by molar-refractivity contribution is 5.96. The average Bonchev–Trinajstić information content (AvgIpc) is 2.81. The number of benzene rings is 1. The Morgan fingerprint density at radius 2 is 2.19 bits per heavy atom. The van der Waals surface area contributed by atoms with Crippen LogP contribution in [-0.4, -0.2) is 18.1 Å². The van der Waals surface area contributed by atoms with Crippen LogP contribution in [0.15, 0.2) is 36.5 Å². The van der Waals surface area contributed by atoms with Crippen LogP contribution >= 0.6 is 0 Å². The van der Waals surface area contributed by atoms with Crippen molar-refractivity contribution >= 4 is 5.97 Å². The van der Waals surface area contributed by atoms with Crippen molar-refractivity contribution in [2.24, 2.45) is 0 Å². The van der Waals surface area contributed by atoms with Gasteiger partial charge in [-0.25, -0.2) is 9.18 Å². The summed E-state index contributed by atoms with van der Waals surface area (Å²) in [6.07, 6.45) is 1.74. The molecule has 0 spiro atoms. The van der Waals surface area contributed by atoms with Crippen LogP contribution in [0.3, 0.4) is 0 Å². The van der Waals surface area contributed by atoms with Gasteiger partial charge < -0.3 is 9.72 Å². The molecule has 1 aromatic carbocycles. The van der Waals surface area contributed by atoms with E-state index in [0.717, 1.165) is 5.69 Å². The first kappa shape index (κ1) is 10.4. The molecule has 4 heteroatoms. The lowest BCUT2D eigenvalue weighted by molar-refractivity contribution is 0.0601. The fraction of sp³-hybridized carbons (Fsp3) is 0.0833. The SMILES string of the molecule is COC(=O)c1cc(F)ccc1-c1ccc[nH]1. The molecule has 0 bridgehead atoms. The predicted octanol–water partition coefficient (Wildman–Crippen LogP) is 2.61. The van der Waals surface area contributed by atoms with Gasteiger partial charge in [0, 0.05) is 17.5 Å². The van der Waals surface area contributed by atoms with Crippen molar-refractivity contribution in [3.63, 3.8) is 0 Å². The third kappa shape index (κ3) is 1.82. The zero-order valence-corrected chi connectivity index (χ0v) is 8.66. The van der Waals surface area contributed by atoms with Gasteiger partial charge >= 0.3 is 5.97 Å². The number of aromatic nitrogens is 1. The Morgan fingerprint density at radius 3 is 2.81 bits per heavy atom. The molecule has 0 aliphatic heterocycles. The molecule has 3 nitrogen and oxygen atoms in total. The first-order valence-corrected chi connectivity index (χ1v) is 4.74. The molecule has 2 aromatic rings. The Bertz CT molecular complexity index is 506. The smallest absolute Gasteiger partial charge is 0.338 e. The largest absolute Gasteiger partial charge is 0.465 e. The van der Waals surface area contributed by atoms with Gasteiger partial charge in [-0.05, 0) is 30.3 Å². The highest BCUT2D eigenvalue weighted by Crippen LogP contribution is 2.23. The topological polar surface area (TPSA) is 42.1 Å². The average molecular weight is 219 g/mol. The van der Waals surface area contributed by atoms with Gasteiger partial charge in [-0.2, -0.15) is 0 Å². The number of rotatable bonds is 2. The second kappa shape index (κ2) is 4.18. The number of esters is 1. The molecule has 1 N–H and O–H groups in total. The van der Waals surface area contributed by atoms with E-state index in [1.807, 2.05) is 0 Å². The number of hydrogen-bond donors (Lipinski definition) is 1. The minimum absolute atomic E-state index is 0.213. The second-order valence-corrected chi connectivity index (χ2v) is 3.27. The maximum absolute atomic E-state index is 13.1. The summed E-state index contributed by atoms with van der Waals surface area (Å²) in [7, 11) is 1.27. The molecular formula is C12H10FNO2. The van der Waals surface area contributed by atoms with Crippen LogP contribution in [-0.2, 0) is 4.74 Å². The van der Waals surface area contributed by atoms with Crippen LogP contribution in [0.5, 0.6) is 0 Å². The maximum Gasteiger partial charge on any atom is 0.338 e. The Labute approximate surface area is 91.9 Å². The van der Waals surface area contributed by atoms with Gasteiger partial charge in [-0.1, -0.05) is 0 Å². The zero-order valence-electron chi connectivity index (χ0n) is 8.66. The first-order chi connectivity index (χ1) is 7.72. The molecule has 0 unspecified atom stereocenters. The summed E-state index contributed by atoms with van der Waals surface area (Å²) in [5, 5.41) is 0. The van der Waals surface area contributed by atoms with Crippen molar-refractivity contribution in [3.05, 3.63) is 47.9 Å². The molecule has 0 fully saturated rings. The zero-order chi connectivity index (χ0) is 11.5. The number of H-pyrrole nitrogens is 1. The van der Waals surface area contributed by atoms with Gasteiger partial charge in [0.05, 0.1) is 12.7 Å². The van der Waals surface area contributed by atoms with E-state index >= 15 is 0 Å². The molecule has 0 atom stereocenters. The molecule has 1 heterocycles. The quantitative estimate of drug-likeness (QED) is 0.789. The van der Waals surface area contributed by atoms with Crippen molar-refractivity contribution < 1.29 is 13.9 Å². The number of carbonyl (C=O) groups excluding carboxylic acids is 1. The summed E-state index contributed by atoms with van der Waals surface area (Å²) in [6, 6.07) is 7.64. The Kier molecular flexibility index (Phi) is 2.72. The van der Waals surface area contributed by atoms with Crippen LogP contribution in [0.4, 0.5) is 4.39 Å². The number of aromatic amines is 1. The molecule has 0 aliphatic rings. The van der Waals surface area contributed by atoms with Crippen molar-refractivity contribution in [1.82, 2.24) is 4.98 Å². The van der Waals surface area contributed by atoms with Crippen LogP contribution in [0.2, 0.25) is 0 Å². The van der Waals surface area contributed by atoms with Gasteiger partial charge in [0.1, 0.15) is 5.82 Å². The molecule has 2 rings (SSSR count). The molecular weight excluding hydrogens is 209 g/mol. The summed E-state index contributed by atoms with van der Waals surface area (Å²) in [6.45, 7) is 0. The Balaban J connectivity index is 2.57. The van der Waals surface area contributed by atoms with E-state index in [2.05, 4.69) is 9.72 Å². The number of ether oxygens (including phenoxy) is 1. The van der Waals surface area contributed by atoms with Crippen LogP contribution < -0.4 is 0 Å². The van der Waals surface area contributed by atoms with Crippen LogP contribution in [0.1, 0.15) is 10.4 Å². The van der Waals surface area contributed by atoms with Crippen LogP contribution in [0, 0.1) is 5.82 Å². The van der Waals surface area contributed by atoms with Gasteiger partial charge in [-0.15, -0.1) is 0 Å². The highest BCUT2D eigenvalue weighted by atomic mass is 19.1. The molecule has 0 saturated carbocycles. The van der Waals surface area contributed by atoms with E-state index in [1.54, 1.807) is 24.4 Å². The summed E-state index contributed by atoms with van der Waals surface area (Å²) in [5.41, 5.74) is 1.59. The van der Waals surface area contributed by atoms with Gasteiger partial charge in [0.15, 0.2) is 0 Å². The van der Waals surface area contributed by atoms with Crippen LogP contribution in [0.25, 0.3) is 11.3 Å². The summed E-state index contributed by atoms with van der Waals surface area (Å²) in [4.78, 5) is 14.4. The lowest BCUT2D eigenvalue weighted by atomic mass is 10.0. The van der Waals surface area contributed by atoms with E-state index in [1.165, 1.54) is 19.2 Å². The molecule has 82 valence electrons. The fourth-order valence-corrected chi connectivity index (χ4v) is 1.53. The molecule has 0 amide bonds. The minimum Gasteiger partial charge on any atom is -0.465 e. The maximum atomic E-state index is 13.1. The van der Waals surface area contributed by atoms with E-state index in [-0.39, 0.29) is 5.56 Å². The van der Waals surface area contributed by atoms with Crippen molar-refractivity contribution in [2.75, 3.05) is 7.11 Å². The van der Waals surface area contributed by atoms with Crippen molar-refractivity contribution in [3.8, 4) is 11.3 Å². The Morgan fingerprint density at radius 1 is 1.38 bits per heavy atom. The van der Waals surface area contributed by atoms with Gasteiger partial charge in [0.2, 0.25) is 0 Å². The number of hydrogen-bond acceptors (Lipinski definition) is 2. The lowest BCUT2D eigenvalue weighted by Gasteiger charge is -2.06. The normalized spacial score (nSPS) is 10.1. The predicted molar refractivity (Wildman–Crippen MR) is 57.5 cm³/mol. The molecule has 16 heavy (non-hydrogen) atoms. The molecule has 0 saturated heterocycles. The lowest BCUT2D eigenvalue weighted by Crippen LogP contribution is -2.04. The standard InChI is InChI=1S/C12H10FNO2/c1-16-12(15)10-7-8(13)4-5-9(10)11-3-2-6-14-11/h2-7,14H,1H3. The van der Waals surface area contributed by atoms with E-state index in [0.29, 0.717) is 5.56 Å². The number of methoxy groups -OCH3 is 1. The third-order valence-corrected chi connectivity index (χ3v) is 2.28. The van der Waals surface area contributed by atoms with E-state index < -0.39 is 11.8 Å². The molecule has 0 radical (unpaired) electrons. The van der Waals surface area contributed by atoms with E-state index in [4.69, 9.17) is 0 Å². The molecule has 1 aromatic heterocycles. The number of nitrogens with one attached hydrogen (secondary N) is 1. The second-order valence-electron chi connectivity index (χ2n) is 3.27. The van der Waals surface area contributed by atoms with Gasteiger partial charge in [-0.3, -0.25) is 0 Å². The number of halogens is 1. The number of carbonyl (C=O) groups is 1. The molecule has 0 aliphatic carbocycles. The van der Waals surface area contributed by atoms with Gasteiger partial charge in [0.25, 0.3) is 0 Å². The summed E-state index contributed by atoms with van der Waals surface area (Å²) < 4.78 is 17.7. The third-order valence-electron chi connectivity index (χ3n) is 2.28. The summed E-state index contributed by atoms with van der Waals surface area (Å²) >= 11 is 0. The Hall–Kier alpha value is -2.10. The van der Waals surface area contributed by atoms with Crippen molar-refractivity contribution in [2.45, 2.75) is 0 Å². The first-order valence-electron chi connectivity index (χ1n) is 4.74. The minimum atomic E-state index is -0.552. The summed E-state index contributed by atoms with van der Waals surface area (Å²) in [5.74, 6) is -1.01. The monoisotopic (exact) mass is 219 g/mol. The van der Waals surface area contributed by atoms with E-state index in [9.17, 15) is 9.18 Å². The van der Waals surface area contributed by atoms with Crippen molar-refractivity contribution in [1.29, 1.82) is 0 Å². The fourth-order valence-electron chi connectivity index (χ4n) is 1.53. The highest BCUT2D eigenvalue weighted by Gasteiger charge is 2.14.